The maximum atomic E-state index is 12.3. The van der Waals surface area contributed by atoms with E-state index in [2.05, 4.69) is 30.0 Å². The summed E-state index contributed by atoms with van der Waals surface area (Å²) in [5, 5.41) is 0. The quantitative estimate of drug-likeness (QED) is 0.836. The molecule has 3 heteroatoms. The van der Waals surface area contributed by atoms with Gasteiger partial charge in [0.2, 0.25) is 0 Å². The van der Waals surface area contributed by atoms with Crippen LogP contribution in [-0.4, -0.2) is 29.9 Å². The topological polar surface area (TPSA) is 29.5 Å². The molecule has 0 amide bonds. The van der Waals surface area contributed by atoms with Gasteiger partial charge in [-0.25, -0.2) is 0 Å². The molecule has 0 bridgehead atoms. The molecule has 0 N–H and O–H groups in total. The first-order valence-corrected chi connectivity index (χ1v) is 7.86. The molecule has 114 valence electrons. The van der Waals surface area contributed by atoms with Crippen LogP contribution in [0.25, 0.3) is 0 Å². The maximum Gasteiger partial charge on any atom is 0.139 e. The Labute approximate surface area is 127 Å². The molecule has 1 aromatic rings. The van der Waals surface area contributed by atoms with Crippen LogP contribution >= 0.6 is 0 Å². The van der Waals surface area contributed by atoms with E-state index in [9.17, 15) is 4.79 Å². The van der Waals surface area contributed by atoms with E-state index in [0.717, 1.165) is 13.0 Å². The first-order valence-electron chi connectivity index (χ1n) is 7.86. The third-order valence-corrected chi connectivity index (χ3v) is 4.68. The Bertz CT molecular complexity index is 559. The Morgan fingerprint density at radius 1 is 1.38 bits per heavy atom. The number of carbonyl (C=O) groups is 1. The lowest BCUT2D eigenvalue weighted by molar-refractivity contribution is -0.127. The molecule has 0 aliphatic carbocycles. The van der Waals surface area contributed by atoms with Crippen molar-refractivity contribution in [2.24, 2.45) is 5.41 Å². The Morgan fingerprint density at radius 3 is 2.86 bits per heavy atom. The van der Waals surface area contributed by atoms with Crippen LogP contribution in [0.4, 0.5) is 0 Å². The third-order valence-electron chi connectivity index (χ3n) is 4.68. The van der Waals surface area contributed by atoms with Gasteiger partial charge in [0, 0.05) is 24.4 Å². The second kappa shape index (κ2) is 5.22. The molecule has 2 unspecified atom stereocenters. The van der Waals surface area contributed by atoms with E-state index in [1.54, 1.807) is 0 Å². The highest BCUT2D eigenvalue weighted by atomic mass is 16.5. The molecule has 3 nitrogen and oxygen atoms in total. The highest BCUT2D eigenvalue weighted by Crippen LogP contribution is 2.38. The largest absolute Gasteiger partial charge is 0.357 e. The molecule has 1 aromatic carbocycles. The van der Waals surface area contributed by atoms with E-state index in [0.29, 0.717) is 18.8 Å². The molecule has 2 aliphatic rings. The van der Waals surface area contributed by atoms with Gasteiger partial charge >= 0.3 is 0 Å². The Morgan fingerprint density at radius 2 is 2.14 bits per heavy atom. The minimum Gasteiger partial charge on any atom is -0.357 e. The van der Waals surface area contributed by atoms with Crippen LogP contribution < -0.4 is 0 Å². The van der Waals surface area contributed by atoms with E-state index >= 15 is 0 Å². The van der Waals surface area contributed by atoms with Crippen LogP contribution in [0.1, 0.15) is 50.1 Å². The van der Waals surface area contributed by atoms with Gasteiger partial charge in [0.25, 0.3) is 0 Å². The van der Waals surface area contributed by atoms with Crippen LogP contribution in [-0.2, 0) is 16.0 Å². The number of fused-ring (bicyclic) bond motifs is 3. The number of aryl methyl sites for hydroxylation is 1. The van der Waals surface area contributed by atoms with E-state index in [1.165, 1.54) is 16.7 Å². The van der Waals surface area contributed by atoms with E-state index in [-0.39, 0.29) is 17.7 Å². The SMILES string of the molecule is Cc1ccc2c(c1)C1OCC(CC(=O)C(C)(C)C)N1CC2. The summed E-state index contributed by atoms with van der Waals surface area (Å²) < 4.78 is 6.04. The molecule has 2 atom stereocenters. The first-order chi connectivity index (χ1) is 9.86. The van der Waals surface area contributed by atoms with Crippen LogP contribution in [0.15, 0.2) is 18.2 Å². The standard InChI is InChI=1S/C18H25NO2/c1-12-5-6-13-7-8-19-14(10-16(20)18(2,3)4)11-21-17(19)15(13)9-12/h5-6,9,14,17H,7-8,10-11H2,1-4H3. The van der Waals surface area contributed by atoms with Gasteiger partial charge in [0.05, 0.1) is 6.61 Å². The summed E-state index contributed by atoms with van der Waals surface area (Å²) in [6.45, 7) is 9.77. The van der Waals surface area contributed by atoms with Crippen molar-refractivity contribution in [2.75, 3.05) is 13.2 Å². The number of ketones is 1. The number of ether oxygens (including phenoxy) is 1. The summed E-state index contributed by atoms with van der Waals surface area (Å²) >= 11 is 0. The Balaban J connectivity index is 1.79. The lowest BCUT2D eigenvalue weighted by Gasteiger charge is -2.34. The van der Waals surface area contributed by atoms with Gasteiger partial charge in [-0.3, -0.25) is 9.69 Å². The lowest BCUT2D eigenvalue weighted by Crippen LogP contribution is -2.40. The van der Waals surface area contributed by atoms with Crippen molar-refractivity contribution in [1.29, 1.82) is 0 Å². The number of nitrogens with zero attached hydrogens (tertiary/aromatic N) is 1. The molecule has 21 heavy (non-hydrogen) atoms. The molecular formula is C18H25NO2. The van der Waals surface area contributed by atoms with Crippen molar-refractivity contribution in [3.63, 3.8) is 0 Å². The average molecular weight is 287 g/mol. The summed E-state index contributed by atoms with van der Waals surface area (Å²) in [4.78, 5) is 14.7. The highest BCUT2D eigenvalue weighted by Gasteiger charge is 2.40. The zero-order valence-electron chi connectivity index (χ0n) is 13.5. The average Bonchev–Trinajstić information content (AvgIpc) is 2.81. The van der Waals surface area contributed by atoms with Gasteiger partial charge in [0.15, 0.2) is 0 Å². The number of hydrogen-bond acceptors (Lipinski definition) is 3. The summed E-state index contributed by atoms with van der Waals surface area (Å²) in [6, 6.07) is 6.86. The van der Waals surface area contributed by atoms with Crippen molar-refractivity contribution in [3.05, 3.63) is 34.9 Å². The smallest absolute Gasteiger partial charge is 0.139 e. The summed E-state index contributed by atoms with van der Waals surface area (Å²) in [5.41, 5.74) is 3.70. The lowest BCUT2D eigenvalue weighted by atomic mass is 9.86. The molecule has 2 heterocycles. The number of hydrogen-bond donors (Lipinski definition) is 0. The zero-order valence-corrected chi connectivity index (χ0v) is 13.5. The second-order valence-corrected chi connectivity index (χ2v) is 7.41. The number of Topliss-reactive ketones (excluding diaryl/α,β-unsaturated/α-hetero) is 1. The van der Waals surface area contributed by atoms with Crippen LogP contribution in [0.3, 0.4) is 0 Å². The molecule has 0 saturated carbocycles. The van der Waals surface area contributed by atoms with E-state index in [4.69, 9.17) is 4.74 Å². The van der Waals surface area contributed by atoms with Gasteiger partial charge in [-0.05, 0) is 24.5 Å². The van der Waals surface area contributed by atoms with Crippen LogP contribution in [0.5, 0.6) is 0 Å². The van der Waals surface area contributed by atoms with Crippen LogP contribution in [0, 0.1) is 12.3 Å². The summed E-state index contributed by atoms with van der Waals surface area (Å²) in [5.74, 6) is 0.326. The van der Waals surface area contributed by atoms with Gasteiger partial charge in [-0.1, -0.05) is 44.5 Å². The molecule has 3 rings (SSSR count). The van der Waals surface area contributed by atoms with Gasteiger partial charge in [-0.15, -0.1) is 0 Å². The number of benzene rings is 1. The van der Waals surface area contributed by atoms with E-state index in [1.807, 2.05) is 20.8 Å². The predicted molar refractivity (Wildman–Crippen MR) is 83.1 cm³/mol. The fourth-order valence-corrected chi connectivity index (χ4v) is 3.27. The van der Waals surface area contributed by atoms with Gasteiger partial charge in [0.1, 0.15) is 12.0 Å². The van der Waals surface area contributed by atoms with Crippen molar-refractivity contribution in [1.82, 2.24) is 4.90 Å². The van der Waals surface area contributed by atoms with Crippen molar-refractivity contribution in [2.45, 2.75) is 52.8 Å². The van der Waals surface area contributed by atoms with Gasteiger partial charge < -0.3 is 4.74 Å². The highest BCUT2D eigenvalue weighted by molar-refractivity contribution is 5.84. The zero-order chi connectivity index (χ0) is 15.2. The molecule has 0 radical (unpaired) electrons. The first kappa shape index (κ1) is 14.7. The minimum atomic E-state index is -0.262. The monoisotopic (exact) mass is 287 g/mol. The summed E-state index contributed by atoms with van der Waals surface area (Å²) in [6.07, 6.45) is 1.70. The molecule has 1 saturated heterocycles. The van der Waals surface area contributed by atoms with Crippen molar-refractivity contribution < 1.29 is 9.53 Å². The predicted octanol–water partition coefficient (Wildman–Crippen LogP) is 3.26. The minimum absolute atomic E-state index is 0.0476. The molecule has 2 aliphatic heterocycles. The van der Waals surface area contributed by atoms with Crippen molar-refractivity contribution >= 4 is 5.78 Å². The number of rotatable bonds is 2. The fraction of sp³-hybridized carbons (Fsp3) is 0.611. The Kier molecular flexibility index (Phi) is 3.66. The molecular weight excluding hydrogens is 262 g/mol. The molecule has 0 aromatic heterocycles. The number of carbonyl (C=O) groups excluding carboxylic acids is 1. The van der Waals surface area contributed by atoms with Crippen molar-refractivity contribution in [3.8, 4) is 0 Å². The van der Waals surface area contributed by atoms with Crippen LogP contribution in [0.2, 0.25) is 0 Å². The fourth-order valence-electron chi connectivity index (χ4n) is 3.27. The maximum absolute atomic E-state index is 12.3. The second-order valence-electron chi connectivity index (χ2n) is 7.41. The molecule has 1 fully saturated rings. The normalized spacial score (nSPS) is 25.5. The molecule has 0 spiro atoms. The van der Waals surface area contributed by atoms with E-state index < -0.39 is 0 Å². The Hall–Kier alpha value is -1.19. The third kappa shape index (κ3) is 2.77. The summed E-state index contributed by atoms with van der Waals surface area (Å²) in [7, 11) is 0. The van der Waals surface area contributed by atoms with Gasteiger partial charge in [-0.2, -0.15) is 0 Å².